The van der Waals surface area contributed by atoms with Crippen molar-refractivity contribution in [3.05, 3.63) is 29.8 Å². The van der Waals surface area contributed by atoms with Gasteiger partial charge in [0.05, 0.1) is 0 Å². The lowest BCUT2D eigenvalue weighted by atomic mass is 10.1. The zero-order valence-electron chi connectivity index (χ0n) is 13.0. The van der Waals surface area contributed by atoms with Crippen molar-refractivity contribution in [2.45, 2.75) is 75.0 Å². The molecule has 1 nitrogen and oxygen atoms in total. The lowest BCUT2D eigenvalue weighted by Gasteiger charge is -2.16. The number of rotatable bonds is 6. The molecule has 0 radical (unpaired) electrons. The fourth-order valence-corrected chi connectivity index (χ4v) is 4.11. The van der Waals surface area contributed by atoms with Crippen molar-refractivity contribution in [3.63, 3.8) is 0 Å². The van der Waals surface area contributed by atoms with E-state index in [0.29, 0.717) is 6.04 Å². The Morgan fingerprint density at radius 1 is 1.10 bits per heavy atom. The summed E-state index contributed by atoms with van der Waals surface area (Å²) in [6.45, 7) is 5.56. The molecule has 2 heteroatoms. The lowest BCUT2D eigenvalue weighted by Crippen LogP contribution is -2.19. The first-order valence-electron chi connectivity index (χ1n) is 8.29. The van der Waals surface area contributed by atoms with Crippen LogP contribution in [0.15, 0.2) is 29.2 Å². The maximum absolute atomic E-state index is 3.55. The van der Waals surface area contributed by atoms with E-state index in [1.54, 1.807) is 0 Å². The van der Waals surface area contributed by atoms with Crippen LogP contribution in [-0.4, -0.2) is 11.8 Å². The van der Waals surface area contributed by atoms with Crippen LogP contribution >= 0.6 is 11.8 Å². The summed E-state index contributed by atoms with van der Waals surface area (Å²) in [5, 5.41) is 4.40. The highest BCUT2D eigenvalue weighted by atomic mass is 32.2. The van der Waals surface area contributed by atoms with Gasteiger partial charge in [0, 0.05) is 16.2 Å². The van der Waals surface area contributed by atoms with Gasteiger partial charge >= 0.3 is 0 Å². The predicted molar refractivity (Wildman–Crippen MR) is 90.5 cm³/mol. The Morgan fingerprint density at radius 2 is 1.75 bits per heavy atom. The third-order valence-corrected chi connectivity index (χ3v) is 5.53. The highest BCUT2D eigenvalue weighted by molar-refractivity contribution is 8.00. The first-order chi connectivity index (χ1) is 9.79. The first-order valence-corrected chi connectivity index (χ1v) is 9.17. The first kappa shape index (κ1) is 15.9. The van der Waals surface area contributed by atoms with Gasteiger partial charge in [-0.3, -0.25) is 0 Å². The minimum atomic E-state index is 0.465. The number of hydrogen-bond donors (Lipinski definition) is 1. The van der Waals surface area contributed by atoms with Crippen LogP contribution in [-0.2, 0) is 0 Å². The predicted octanol–water partition coefficient (Wildman–Crippen LogP) is 5.56. The van der Waals surface area contributed by atoms with Crippen molar-refractivity contribution in [2.75, 3.05) is 6.54 Å². The van der Waals surface area contributed by atoms with E-state index in [1.807, 2.05) is 0 Å². The third-order valence-electron chi connectivity index (χ3n) is 4.19. The van der Waals surface area contributed by atoms with Gasteiger partial charge in [0.2, 0.25) is 0 Å². The Morgan fingerprint density at radius 3 is 2.35 bits per heavy atom. The Kier molecular flexibility index (Phi) is 6.95. The molecular weight excluding hydrogens is 262 g/mol. The zero-order valence-corrected chi connectivity index (χ0v) is 13.8. The summed E-state index contributed by atoms with van der Waals surface area (Å²) >= 11 is 2.10. The van der Waals surface area contributed by atoms with Crippen LogP contribution in [0.4, 0.5) is 0 Å². The summed E-state index contributed by atoms with van der Waals surface area (Å²) in [6.07, 6.45) is 9.73. The number of benzene rings is 1. The van der Waals surface area contributed by atoms with E-state index in [-0.39, 0.29) is 0 Å². The van der Waals surface area contributed by atoms with Crippen LogP contribution in [0.2, 0.25) is 0 Å². The van der Waals surface area contributed by atoms with Crippen molar-refractivity contribution >= 4 is 11.8 Å². The van der Waals surface area contributed by atoms with E-state index < -0.39 is 0 Å². The van der Waals surface area contributed by atoms with E-state index >= 15 is 0 Å². The van der Waals surface area contributed by atoms with Gasteiger partial charge in [-0.15, -0.1) is 11.8 Å². The van der Waals surface area contributed by atoms with Crippen LogP contribution in [0.1, 0.15) is 70.4 Å². The van der Waals surface area contributed by atoms with Crippen molar-refractivity contribution in [2.24, 2.45) is 0 Å². The quantitative estimate of drug-likeness (QED) is 0.688. The summed E-state index contributed by atoms with van der Waals surface area (Å²) < 4.78 is 0. The molecule has 0 amide bonds. The molecule has 2 rings (SSSR count). The summed E-state index contributed by atoms with van der Waals surface area (Å²) in [7, 11) is 0. The molecule has 20 heavy (non-hydrogen) atoms. The lowest BCUT2D eigenvalue weighted by molar-refractivity contribution is 0.570. The Hall–Kier alpha value is -0.470. The molecule has 0 saturated heterocycles. The molecule has 1 atom stereocenters. The molecule has 1 aromatic carbocycles. The molecular formula is C18H29NS. The molecule has 0 heterocycles. The minimum Gasteiger partial charge on any atom is -0.310 e. The molecule has 1 N–H and O–H groups in total. The molecule has 1 aliphatic rings. The highest BCUT2D eigenvalue weighted by Gasteiger charge is 2.13. The second-order valence-corrected chi connectivity index (χ2v) is 7.35. The minimum absolute atomic E-state index is 0.465. The molecule has 1 saturated carbocycles. The summed E-state index contributed by atoms with van der Waals surface area (Å²) in [4.78, 5) is 1.45. The average molecular weight is 292 g/mol. The Labute approximate surface area is 128 Å². The average Bonchev–Trinajstić information content (AvgIpc) is 2.74. The number of nitrogens with one attached hydrogen (secondary N) is 1. The fraction of sp³-hybridized carbons (Fsp3) is 0.667. The maximum atomic E-state index is 3.55. The largest absolute Gasteiger partial charge is 0.310 e. The van der Waals surface area contributed by atoms with E-state index in [9.17, 15) is 0 Å². The third kappa shape index (κ3) is 5.14. The molecule has 112 valence electrons. The molecule has 0 spiro atoms. The van der Waals surface area contributed by atoms with Crippen molar-refractivity contribution in [3.8, 4) is 0 Å². The van der Waals surface area contributed by atoms with Gasteiger partial charge in [0.1, 0.15) is 0 Å². The van der Waals surface area contributed by atoms with Gasteiger partial charge in [-0.2, -0.15) is 0 Å². The topological polar surface area (TPSA) is 12.0 Å². The van der Waals surface area contributed by atoms with E-state index in [1.165, 1.54) is 55.4 Å². The maximum Gasteiger partial charge on any atom is 0.0291 e. The van der Waals surface area contributed by atoms with E-state index in [0.717, 1.165) is 11.8 Å². The highest BCUT2D eigenvalue weighted by Crippen LogP contribution is 2.33. The number of hydrogen-bond acceptors (Lipinski definition) is 2. The normalized spacial score (nSPS) is 18.7. The standard InChI is InChI=1S/C18H29NS/c1-3-14-19-15(2)16-10-12-18(13-11-16)20-17-8-6-4-5-7-9-17/h10-13,15,17,19H,3-9,14H2,1-2H3. The summed E-state index contributed by atoms with van der Waals surface area (Å²) in [5.74, 6) is 0. The fourth-order valence-electron chi connectivity index (χ4n) is 2.87. The molecule has 1 aliphatic carbocycles. The van der Waals surface area contributed by atoms with Gasteiger partial charge in [0.15, 0.2) is 0 Å². The summed E-state index contributed by atoms with van der Waals surface area (Å²) in [6, 6.07) is 9.69. The Bertz CT molecular complexity index is 366. The summed E-state index contributed by atoms with van der Waals surface area (Å²) in [5.41, 5.74) is 1.41. The molecule has 0 aromatic heterocycles. The molecule has 0 aliphatic heterocycles. The van der Waals surface area contributed by atoms with Crippen LogP contribution in [0.3, 0.4) is 0 Å². The monoisotopic (exact) mass is 291 g/mol. The van der Waals surface area contributed by atoms with Crippen LogP contribution < -0.4 is 5.32 Å². The second kappa shape index (κ2) is 8.74. The van der Waals surface area contributed by atoms with Crippen LogP contribution in [0, 0.1) is 0 Å². The van der Waals surface area contributed by atoms with E-state index in [4.69, 9.17) is 0 Å². The molecule has 0 bridgehead atoms. The van der Waals surface area contributed by atoms with Crippen molar-refractivity contribution < 1.29 is 0 Å². The number of thioether (sulfide) groups is 1. The van der Waals surface area contributed by atoms with Gasteiger partial charge in [0.25, 0.3) is 0 Å². The van der Waals surface area contributed by atoms with E-state index in [2.05, 4.69) is 55.2 Å². The van der Waals surface area contributed by atoms with Gasteiger partial charge in [-0.25, -0.2) is 0 Å². The van der Waals surface area contributed by atoms with Crippen LogP contribution in [0.5, 0.6) is 0 Å². The second-order valence-electron chi connectivity index (χ2n) is 5.98. The van der Waals surface area contributed by atoms with Crippen molar-refractivity contribution in [1.82, 2.24) is 5.32 Å². The van der Waals surface area contributed by atoms with Gasteiger partial charge < -0.3 is 5.32 Å². The van der Waals surface area contributed by atoms with Crippen LogP contribution in [0.25, 0.3) is 0 Å². The van der Waals surface area contributed by atoms with Crippen molar-refractivity contribution in [1.29, 1.82) is 0 Å². The molecule has 1 fully saturated rings. The van der Waals surface area contributed by atoms with Gasteiger partial charge in [-0.05, 0) is 50.4 Å². The molecule has 1 aromatic rings. The SMILES string of the molecule is CCCNC(C)c1ccc(SC2CCCCCC2)cc1. The Balaban J connectivity index is 1.87. The smallest absolute Gasteiger partial charge is 0.0291 e. The zero-order chi connectivity index (χ0) is 14.2. The van der Waals surface area contributed by atoms with Gasteiger partial charge in [-0.1, -0.05) is 44.7 Å². The molecule has 1 unspecified atom stereocenters.